The van der Waals surface area contributed by atoms with Crippen LogP contribution in [0.2, 0.25) is 0 Å². The van der Waals surface area contributed by atoms with Gasteiger partial charge in [0.15, 0.2) is 0 Å². The van der Waals surface area contributed by atoms with E-state index in [9.17, 15) is 19.2 Å². The second-order valence-corrected chi connectivity index (χ2v) is 12.2. The van der Waals surface area contributed by atoms with Crippen molar-refractivity contribution >= 4 is 61.3 Å². The first-order valence-electron chi connectivity index (χ1n) is 13.0. The molecule has 0 bridgehead atoms. The summed E-state index contributed by atoms with van der Waals surface area (Å²) in [6.45, 7) is 7.33. The molecule has 1 aromatic carbocycles. The van der Waals surface area contributed by atoms with Crippen LogP contribution in [0.5, 0.6) is 0 Å². The van der Waals surface area contributed by atoms with E-state index < -0.39 is 4.75 Å². The summed E-state index contributed by atoms with van der Waals surface area (Å²) in [5, 5.41) is 6.90. The highest BCUT2D eigenvalue weighted by molar-refractivity contribution is 8.16. The number of rotatable bonds is 5. The van der Waals surface area contributed by atoms with Gasteiger partial charge in [0, 0.05) is 48.9 Å². The standard InChI is InChI=1S/C26H33N5O4S2/c1-3-27-24(34)28-21-20(18-8-5-6-9-19(18)36-21)22(32)29-14-10-17(11-15-29)30-13-7-12-26(16-30)23(33)31(4-2)25(35)37-26/h5-6,8-9,17H,3-4,7,10-16H2,1-2H3,(H2,27,28,34). The van der Waals surface area contributed by atoms with Crippen molar-refractivity contribution in [3.05, 3.63) is 29.8 Å². The lowest BCUT2D eigenvalue weighted by atomic mass is 9.92. The molecule has 3 fully saturated rings. The van der Waals surface area contributed by atoms with Gasteiger partial charge in [0.2, 0.25) is 5.91 Å². The summed E-state index contributed by atoms with van der Waals surface area (Å²) in [4.78, 5) is 57.1. The maximum Gasteiger partial charge on any atom is 0.319 e. The lowest BCUT2D eigenvalue weighted by Gasteiger charge is -2.44. The van der Waals surface area contributed by atoms with Crippen molar-refractivity contribution in [3.8, 4) is 0 Å². The minimum absolute atomic E-state index is 0.0428. The van der Waals surface area contributed by atoms with Gasteiger partial charge in [-0.15, -0.1) is 11.3 Å². The van der Waals surface area contributed by atoms with Crippen molar-refractivity contribution < 1.29 is 19.2 Å². The fraction of sp³-hybridized carbons (Fsp3) is 0.538. The van der Waals surface area contributed by atoms with Crippen LogP contribution >= 0.6 is 23.1 Å². The van der Waals surface area contributed by atoms with E-state index in [2.05, 4.69) is 15.5 Å². The van der Waals surface area contributed by atoms with Crippen LogP contribution in [-0.2, 0) is 4.79 Å². The number of hydrogen-bond donors (Lipinski definition) is 2. The van der Waals surface area contributed by atoms with E-state index in [1.807, 2.05) is 43.0 Å². The fourth-order valence-corrected chi connectivity index (χ4v) is 8.16. The molecule has 2 N–H and O–H groups in total. The molecule has 0 aliphatic carbocycles. The third kappa shape index (κ3) is 4.84. The summed E-state index contributed by atoms with van der Waals surface area (Å²) in [6.07, 6.45) is 3.25. The zero-order valence-electron chi connectivity index (χ0n) is 21.2. The number of carbonyl (C=O) groups is 4. The fourth-order valence-electron chi connectivity index (χ4n) is 5.74. The highest BCUT2D eigenvalue weighted by Crippen LogP contribution is 2.44. The van der Waals surface area contributed by atoms with Crippen LogP contribution < -0.4 is 10.6 Å². The quantitative estimate of drug-likeness (QED) is 0.586. The molecule has 3 aliphatic heterocycles. The molecule has 5 amide bonds. The van der Waals surface area contributed by atoms with Crippen molar-refractivity contribution in [2.75, 3.05) is 44.6 Å². The number of fused-ring (bicyclic) bond motifs is 1. The second-order valence-electron chi connectivity index (χ2n) is 9.80. The molecule has 1 atom stereocenters. The number of amides is 5. The van der Waals surface area contributed by atoms with E-state index in [4.69, 9.17) is 0 Å². The molecular weight excluding hydrogens is 510 g/mol. The van der Waals surface area contributed by atoms with Crippen molar-refractivity contribution in [1.29, 1.82) is 0 Å². The molecule has 1 spiro atoms. The number of hydrogen-bond acceptors (Lipinski definition) is 7. The minimum Gasteiger partial charge on any atom is -0.338 e. The summed E-state index contributed by atoms with van der Waals surface area (Å²) in [5.74, 6) is -0.109. The topological polar surface area (TPSA) is 102 Å². The third-order valence-electron chi connectivity index (χ3n) is 7.58. The van der Waals surface area contributed by atoms with Crippen molar-refractivity contribution in [1.82, 2.24) is 20.0 Å². The van der Waals surface area contributed by atoms with Gasteiger partial charge in [-0.1, -0.05) is 18.2 Å². The number of thioether (sulfide) groups is 1. The van der Waals surface area contributed by atoms with Gasteiger partial charge in [-0.05, 0) is 63.9 Å². The third-order valence-corrected chi connectivity index (χ3v) is 9.96. The van der Waals surface area contributed by atoms with Crippen molar-refractivity contribution in [2.24, 2.45) is 0 Å². The molecule has 1 unspecified atom stereocenters. The molecular formula is C26H33N5O4S2. The van der Waals surface area contributed by atoms with Crippen LogP contribution in [-0.4, -0.2) is 87.8 Å². The van der Waals surface area contributed by atoms with Gasteiger partial charge >= 0.3 is 6.03 Å². The Kier molecular flexibility index (Phi) is 7.46. The average molecular weight is 544 g/mol. The normalized spacial score (nSPS) is 23.3. The number of piperidine rings is 2. The number of carbonyl (C=O) groups excluding carboxylic acids is 4. The monoisotopic (exact) mass is 543 g/mol. The molecule has 0 radical (unpaired) electrons. The number of imide groups is 1. The molecule has 11 heteroatoms. The highest BCUT2D eigenvalue weighted by atomic mass is 32.2. The summed E-state index contributed by atoms with van der Waals surface area (Å²) in [5.41, 5.74) is 0.549. The molecule has 198 valence electrons. The van der Waals surface area contributed by atoms with Gasteiger partial charge in [-0.25, -0.2) is 4.79 Å². The van der Waals surface area contributed by atoms with Gasteiger partial charge < -0.3 is 10.2 Å². The maximum atomic E-state index is 13.7. The Bertz CT molecular complexity index is 1220. The SMILES string of the molecule is CCNC(=O)Nc1sc2ccccc2c1C(=O)N1CCC(N2CCCC3(C2)SC(=O)N(CC)C3=O)CC1. The highest BCUT2D eigenvalue weighted by Gasteiger charge is 2.54. The van der Waals surface area contributed by atoms with E-state index in [0.29, 0.717) is 43.3 Å². The van der Waals surface area contributed by atoms with Crippen molar-refractivity contribution in [2.45, 2.75) is 50.3 Å². The Hall–Kier alpha value is -2.63. The Morgan fingerprint density at radius 3 is 2.57 bits per heavy atom. The summed E-state index contributed by atoms with van der Waals surface area (Å²) >= 11 is 2.62. The molecule has 2 aromatic rings. The lowest BCUT2D eigenvalue weighted by Crippen LogP contribution is -2.56. The predicted molar refractivity (Wildman–Crippen MR) is 147 cm³/mol. The van der Waals surface area contributed by atoms with Gasteiger partial charge in [-0.3, -0.25) is 29.5 Å². The largest absolute Gasteiger partial charge is 0.338 e. The lowest BCUT2D eigenvalue weighted by molar-refractivity contribution is -0.131. The Labute approximate surface area is 224 Å². The minimum atomic E-state index is -0.659. The van der Waals surface area contributed by atoms with Crippen molar-refractivity contribution in [3.63, 3.8) is 0 Å². The molecule has 3 aliphatic rings. The molecule has 1 aromatic heterocycles. The summed E-state index contributed by atoms with van der Waals surface area (Å²) in [7, 11) is 0. The van der Waals surface area contributed by atoms with Gasteiger partial charge in [0.05, 0.1) is 5.56 Å². The van der Waals surface area contributed by atoms with E-state index in [-0.39, 0.29) is 29.1 Å². The number of thiophene rings is 1. The molecule has 37 heavy (non-hydrogen) atoms. The van der Waals surface area contributed by atoms with Crippen LogP contribution in [0.25, 0.3) is 10.1 Å². The number of nitrogens with zero attached hydrogens (tertiary/aromatic N) is 3. The Morgan fingerprint density at radius 2 is 1.86 bits per heavy atom. The number of urea groups is 1. The van der Waals surface area contributed by atoms with E-state index in [1.165, 1.54) is 28.0 Å². The zero-order valence-corrected chi connectivity index (χ0v) is 22.9. The van der Waals surface area contributed by atoms with Crippen LogP contribution in [0.3, 0.4) is 0 Å². The summed E-state index contributed by atoms with van der Waals surface area (Å²) < 4.78 is 0.300. The first-order chi connectivity index (χ1) is 17.9. The van der Waals surface area contributed by atoms with Crippen LogP contribution in [0.4, 0.5) is 14.6 Å². The predicted octanol–water partition coefficient (Wildman–Crippen LogP) is 4.20. The number of nitrogens with one attached hydrogen (secondary N) is 2. The molecule has 9 nitrogen and oxygen atoms in total. The first-order valence-corrected chi connectivity index (χ1v) is 14.6. The molecule has 5 rings (SSSR count). The van der Waals surface area contributed by atoms with Gasteiger partial charge in [0.25, 0.3) is 11.1 Å². The zero-order chi connectivity index (χ0) is 26.2. The average Bonchev–Trinajstić information content (AvgIpc) is 3.36. The van der Waals surface area contributed by atoms with E-state index in [1.54, 1.807) is 0 Å². The Balaban J connectivity index is 1.28. The van der Waals surface area contributed by atoms with Gasteiger partial charge in [-0.2, -0.15) is 0 Å². The number of benzene rings is 1. The van der Waals surface area contributed by atoms with Crippen LogP contribution in [0, 0.1) is 0 Å². The smallest absolute Gasteiger partial charge is 0.319 e. The summed E-state index contributed by atoms with van der Waals surface area (Å²) in [6, 6.07) is 7.69. The Morgan fingerprint density at radius 1 is 1.11 bits per heavy atom. The van der Waals surface area contributed by atoms with E-state index >= 15 is 0 Å². The van der Waals surface area contributed by atoms with E-state index in [0.717, 1.165) is 42.3 Å². The first kappa shape index (κ1) is 26.0. The molecule has 3 saturated heterocycles. The van der Waals surface area contributed by atoms with Crippen LogP contribution in [0.1, 0.15) is 49.9 Å². The molecule has 4 heterocycles. The maximum absolute atomic E-state index is 13.7. The molecule has 0 saturated carbocycles. The van der Waals surface area contributed by atoms with Crippen LogP contribution in [0.15, 0.2) is 24.3 Å². The second kappa shape index (κ2) is 10.6. The number of likely N-dealkylation sites (tertiary alicyclic amines) is 2. The van der Waals surface area contributed by atoms with Gasteiger partial charge in [0.1, 0.15) is 9.75 Å². The number of anilines is 1.